The molecule has 0 radical (unpaired) electrons. The first-order valence-corrected chi connectivity index (χ1v) is 7.45. The quantitative estimate of drug-likeness (QED) is 0.749. The molecular weight excluding hydrogens is 310 g/mol. The van der Waals surface area contributed by atoms with Crippen LogP contribution in [0.2, 0.25) is 0 Å². The molecule has 0 aliphatic heterocycles. The molecule has 0 aliphatic rings. The zero-order chi connectivity index (χ0) is 17.1. The van der Waals surface area contributed by atoms with Gasteiger partial charge in [-0.05, 0) is 23.8 Å². The van der Waals surface area contributed by atoms with Gasteiger partial charge in [0.05, 0.1) is 5.56 Å². The Morgan fingerprint density at radius 2 is 1.92 bits per heavy atom. The molecule has 5 heteroatoms. The molecule has 0 saturated carbocycles. The first kappa shape index (κ1) is 15.9. The predicted molar refractivity (Wildman–Crippen MR) is 90.0 cm³/mol. The standard InChI is InChI=1S/C19H16F2N2O/c1-23-11-14(10-20)17(12-23)19(24)22-18-8-3-2-7-16(18)13-5-4-6-15(21)9-13/h2-9,11-12H,10H2,1H3,(H,22,24). The molecule has 1 amide bonds. The zero-order valence-electron chi connectivity index (χ0n) is 13.1. The Kier molecular flexibility index (Phi) is 4.42. The highest BCUT2D eigenvalue weighted by atomic mass is 19.1. The molecule has 0 unspecified atom stereocenters. The number of alkyl halides is 1. The highest BCUT2D eigenvalue weighted by Crippen LogP contribution is 2.29. The van der Waals surface area contributed by atoms with Gasteiger partial charge in [-0.3, -0.25) is 4.79 Å². The molecule has 1 heterocycles. The first-order valence-electron chi connectivity index (χ1n) is 7.45. The van der Waals surface area contributed by atoms with Crippen LogP contribution in [-0.4, -0.2) is 10.5 Å². The maximum Gasteiger partial charge on any atom is 0.257 e. The number of nitrogens with zero attached hydrogens (tertiary/aromatic N) is 1. The minimum Gasteiger partial charge on any atom is -0.356 e. The Balaban J connectivity index is 1.95. The molecule has 3 aromatic rings. The van der Waals surface area contributed by atoms with Crippen LogP contribution in [0.3, 0.4) is 0 Å². The van der Waals surface area contributed by atoms with Gasteiger partial charge in [-0.2, -0.15) is 0 Å². The summed E-state index contributed by atoms with van der Waals surface area (Å²) in [5.41, 5.74) is 2.52. The van der Waals surface area contributed by atoms with E-state index in [-0.39, 0.29) is 11.4 Å². The van der Waals surface area contributed by atoms with Gasteiger partial charge >= 0.3 is 0 Å². The fourth-order valence-corrected chi connectivity index (χ4v) is 2.64. The van der Waals surface area contributed by atoms with Crippen molar-refractivity contribution in [1.29, 1.82) is 0 Å². The Hall–Kier alpha value is -2.95. The zero-order valence-corrected chi connectivity index (χ0v) is 13.1. The normalized spacial score (nSPS) is 10.6. The van der Waals surface area contributed by atoms with E-state index in [4.69, 9.17) is 0 Å². The third-order valence-electron chi connectivity index (χ3n) is 3.74. The Bertz CT molecular complexity index is 887. The summed E-state index contributed by atoms with van der Waals surface area (Å²) in [4.78, 5) is 12.5. The van der Waals surface area contributed by atoms with E-state index in [2.05, 4.69) is 5.32 Å². The van der Waals surface area contributed by atoms with Crippen LogP contribution in [-0.2, 0) is 13.7 Å². The molecule has 3 rings (SSSR count). The molecule has 122 valence electrons. The van der Waals surface area contributed by atoms with E-state index >= 15 is 0 Å². The molecule has 3 nitrogen and oxygen atoms in total. The lowest BCUT2D eigenvalue weighted by Crippen LogP contribution is -2.13. The van der Waals surface area contributed by atoms with Crippen molar-refractivity contribution in [1.82, 2.24) is 4.57 Å². The van der Waals surface area contributed by atoms with Crippen molar-refractivity contribution in [2.45, 2.75) is 6.67 Å². The van der Waals surface area contributed by atoms with E-state index < -0.39 is 12.6 Å². The number of aryl methyl sites for hydroxylation is 1. The molecule has 0 atom stereocenters. The van der Waals surface area contributed by atoms with E-state index in [0.29, 0.717) is 22.4 Å². The SMILES string of the molecule is Cn1cc(CF)c(C(=O)Nc2ccccc2-c2cccc(F)c2)c1. The molecular formula is C19H16F2N2O. The topological polar surface area (TPSA) is 34.0 Å². The summed E-state index contributed by atoms with van der Waals surface area (Å²) in [6.45, 7) is -0.713. The van der Waals surface area contributed by atoms with E-state index in [0.717, 1.165) is 0 Å². The molecule has 0 fully saturated rings. The Morgan fingerprint density at radius 3 is 2.67 bits per heavy atom. The predicted octanol–water partition coefficient (Wildman–Crippen LogP) is 4.55. The second-order valence-electron chi connectivity index (χ2n) is 5.51. The number of carbonyl (C=O) groups is 1. The van der Waals surface area contributed by atoms with Crippen LogP contribution in [0.4, 0.5) is 14.5 Å². The maximum absolute atomic E-state index is 13.5. The molecule has 0 spiro atoms. The van der Waals surface area contributed by atoms with Gasteiger partial charge in [0.1, 0.15) is 12.5 Å². The van der Waals surface area contributed by atoms with Crippen molar-refractivity contribution in [3.8, 4) is 11.1 Å². The summed E-state index contributed by atoms with van der Waals surface area (Å²) in [5.74, 6) is -0.747. The van der Waals surface area contributed by atoms with Crippen molar-refractivity contribution < 1.29 is 13.6 Å². The van der Waals surface area contributed by atoms with Gasteiger partial charge < -0.3 is 9.88 Å². The minimum absolute atomic E-state index is 0.286. The van der Waals surface area contributed by atoms with Crippen molar-refractivity contribution in [2.24, 2.45) is 7.05 Å². The number of aromatic nitrogens is 1. The summed E-state index contributed by atoms with van der Waals surface area (Å²) < 4.78 is 28.2. The average molecular weight is 326 g/mol. The van der Waals surface area contributed by atoms with Gasteiger partial charge in [-0.15, -0.1) is 0 Å². The van der Waals surface area contributed by atoms with E-state index in [1.165, 1.54) is 12.1 Å². The fourth-order valence-electron chi connectivity index (χ4n) is 2.64. The van der Waals surface area contributed by atoms with Crippen LogP contribution in [0.5, 0.6) is 0 Å². The van der Waals surface area contributed by atoms with Crippen LogP contribution < -0.4 is 5.32 Å². The van der Waals surface area contributed by atoms with Crippen molar-refractivity contribution >= 4 is 11.6 Å². The highest BCUT2D eigenvalue weighted by molar-refractivity contribution is 6.07. The number of amides is 1. The molecule has 2 aromatic carbocycles. The molecule has 0 aliphatic carbocycles. The van der Waals surface area contributed by atoms with Gasteiger partial charge in [0.25, 0.3) is 5.91 Å². The summed E-state index contributed by atoms with van der Waals surface area (Å²) in [5, 5.41) is 2.79. The van der Waals surface area contributed by atoms with Crippen molar-refractivity contribution in [3.63, 3.8) is 0 Å². The number of nitrogens with one attached hydrogen (secondary N) is 1. The highest BCUT2D eigenvalue weighted by Gasteiger charge is 2.15. The van der Waals surface area contributed by atoms with Crippen LogP contribution in [0.1, 0.15) is 15.9 Å². The monoisotopic (exact) mass is 326 g/mol. The van der Waals surface area contributed by atoms with Crippen molar-refractivity contribution in [2.75, 3.05) is 5.32 Å². The van der Waals surface area contributed by atoms with Crippen LogP contribution in [0.25, 0.3) is 11.1 Å². The lowest BCUT2D eigenvalue weighted by Gasteiger charge is -2.11. The number of hydrogen-bond acceptors (Lipinski definition) is 1. The Labute approximate surface area is 138 Å². The van der Waals surface area contributed by atoms with E-state index in [1.54, 1.807) is 54.3 Å². The first-order chi connectivity index (χ1) is 11.6. The number of rotatable bonds is 4. The molecule has 1 N–H and O–H groups in total. The number of anilines is 1. The summed E-state index contributed by atoms with van der Waals surface area (Å²) in [6.07, 6.45) is 3.16. The second-order valence-corrected chi connectivity index (χ2v) is 5.51. The molecule has 1 aromatic heterocycles. The third-order valence-corrected chi connectivity index (χ3v) is 3.74. The van der Waals surface area contributed by atoms with E-state index in [1.807, 2.05) is 6.07 Å². The van der Waals surface area contributed by atoms with Gasteiger partial charge in [0.15, 0.2) is 0 Å². The maximum atomic E-state index is 13.5. The minimum atomic E-state index is -0.713. The third kappa shape index (κ3) is 3.20. The van der Waals surface area contributed by atoms with Gasteiger partial charge in [0, 0.05) is 36.3 Å². The lowest BCUT2D eigenvalue weighted by molar-refractivity contribution is 0.102. The summed E-state index contributed by atoms with van der Waals surface area (Å²) >= 11 is 0. The summed E-state index contributed by atoms with van der Waals surface area (Å²) in [7, 11) is 1.73. The average Bonchev–Trinajstić information content (AvgIpc) is 2.96. The van der Waals surface area contributed by atoms with Crippen LogP contribution in [0, 0.1) is 5.82 Å². The summed E-state index contributed by atoms with van der Waals surface area (Å²) in [6, 6.07) is 13.3. The number of carbonyl (C=O) groups excluding carboxylic acids is 1. The van der Waals surface area contributed by atoms with Crippen molar-refractivity contribution in [3.05, 3.63) is 77.9 Å². The fraction of sp³-hybridized carbons (Fsp3) is 0.105. The molecule has 0 saturated heterocycles. The molecule has 24 heavy (non-hydrogen) atoms. The van der Waals surface area contributed by atoms with Gasteiger partial charge in [0.2, 0.25) is 0 Å². The van der Waals surface area contributed by atoms with E-state index in [9.17, 15) is 13.6 Å². The molecule has 0 bridgehead atoms. The number of hydrogen-bond donors (Lipinski definition) is 1. The largest absolute Gasteiger partial charge is 0.356 e. The number of para-hydroxylation sites is 1. The van der Waals surface area contributed by atoms with Crippen LogP contribution >= 0.6 is 0 Å². The smallest absolute Gasteiger partial charge is 0.257 e. The number of halogens is 2. The van der Waals surface area contributed by atoms with Gasteiger partial charge in [-0.1, -0.05) is 30.3 Å². The second kappa shape index (κ2) is 6.66. The lowest BCUT2D eigenvalue weighted by atomic mass is 10.0. The Morgan fingerprint density at radius 1 is 1.12 bits per heavy atom. The number of benzene rings is 2. The van der Waals surface area contributed by atoms with Gasteiger partial charge in [-0.25, -0.2) is 8.78 Å². The van der Waals surface area contributed by atoms with Crippen LogP contribution in [0.15, 0.2) is 60.9 Å².